The van der Waals surface area contributed by atoms with Gasteiger partial charge < -0.3 is 15.6 Å². The Hall–Kier alpha value is -2.86. The van der Waals surface area contributed by atoms with Crippen molar-refractivity contribution in [2.75, 3.05) is 5.32 Å². The minimum absolute atomic E-state index is 0.0764. The molecule has 7 heteroatoms. The number of carbonyl (C=O) groups excluding carboxylic acids is 1. The Morgan fingerprint density at radius 2 is 2.04 bits per heavy atom. The Labute approximate surface area is 153 Å². The maximum Gasteiger partial charge on any atom is 0.319 e. The summed E-state index contributed by atoms with van der Waals surface area (Å²) in [5, 5.41) is 6.29. The molecule has 0 radical (unpaired) electrons. The number of nitrogens with one attached hydrogen (secondary N) is 3. The zero-order valence-corrected chi connectivity index (χ0v) is 14.4. The van der Waals surface area contributed by atoms with Crippen LogP contribution in [0.25, 0.3) is 10.9 Å². The van der Waals surface area contributed by atoms with E-state index in [-0.39, 0.29) is 17.1 Å². The summed E-state index contributed by atoms with van der Waals surface area (Å²) >= 11 is 5.92. The zero-order valence-electron chi connectivity index (χ0n) is 13.7. The number of hydrogen-bond acceptors (Lipinski definition) is 1. The molecule has 1 aromatic heterocycles. The summed E-state index contributed by atoms with van der Waals surface area (Å²) < 4.78 is 27.3. The van der Waals surface area contributed by atoms with Gasteiger partial charge in [0.15, 0.2) is 0 Å². The third-order valence-corrected chi connectivity index (χ3v) is 4.23. The van der Waals surface area contributed by atoms with E-state index < -0.39 is 12.0 Å². The average molecular weight is 376 g/mol. The second kappa shape index (κ2) is 7.17. The van der Waals surface area contributed by atoms with Crippen molar-refractivity contribution in [3.63, 3.8) is 0 Å². The van der Waals surface area contributed by atoms with Gasteiger partial charge in [0.25, 0.3) is 5.92 Å². The molecular weight excluding hydrogens is 360 g/mol. The normalized spacial score (nSPS) is 11.3. The van der Waals surface area contributed by atoms with Gasteiger partial charge in [0.05, 0.1) is 5.02 Å². The Balaban J connectivity index is 1.62. The lowest BCUT2D eigenvalue weighted by Crippen LogP contribution is -2.28. The van der Waals surface area contributed by atoms with Crippen molar-refractivity contribution in [1.82, 2.24) is 10.3 Å². The van der Waals surface area contributed by atoms with Gasteiger partial charge in [-0.3, -0.25) is 0 Å². The van der Waals surface area contributed by atoms with E-state index in [9.17, 15) is 13.6 Å². The van der Waals surface area contributed by atoms with E-state index in [1.807, 2.05) is 24.4 Å². The maximum absolute atomic E-state index is 13.6. The molecule has 2 aromatic carbocycles. The first-order valence-electron chi connectivity index (χ1n) is 7.81. The van der Waals surface area contributed by atoms with Gasteiger partial charge in [0.1, 0.15) is 0 Å². The molecule has 0 aliphatic rings. The monoisotopic (exact) mass is 375 g/mol. The van der Waals surface area contributed by atoms with Gasteiger partial charge in [-0.15, -0.1) is 0 Å². The van der Waals surface area contributed by atoms with Crippen LogP contribution < -0.4 is 10.6 Å². The predicted molar refractivity (Wildman–Crippen MR) is 99.7 cm³/mol. The number of hydrogen-bond donors (Lipinski definition) is 3. The number of aromatic amines is 1. The Morgan fingerprint density at radius 1 is 1.23 bits per heavy atom. The number of fused-ring (bicyclic) bond motifs is 1. The fourth-order valence-electron chi connectivity index (χ4n) is 2.54. The second-order valence-corrected chi connectivity index (χ2v) is 6.14. The number of H-pyrrole nitrogens is 1. The number of alkyl halides is 2. The van der Waals surface area contributed by atoms with Gasteiger partial charge in [-0.2, -0.15) is 8.78 Å². The quantitative estimate of drug-likeness (QED) is 0.512. The lowest BCUT2D eigenvalue weighted by molar-refractivity contribution is 0.0526. The smallest absolute Gasteiger partial charge is 0.319 e. The third-order valence-electron chi connectivity index (χ3n) is 3.91. The van der Waals surface area contributed by atoms with E-state index in [1.54, 1.807) is 6.07 Å². The van der Waals surface area contributed by atoms with Crippen molar-refractivity contribution in [1.29, 1.82) is 0 Å². The topological polar surface area (TPSA) is 56.9 Å². The molecule has 0 saturated carbocycles. The molecule has 3 aromatic rings. The van der Waals surface area contributed by atoms with Crippen LogP contribution in [-0.2, 0) is 12.5 Å². The van der Waals surface area contributed by atoms with Gasteiger partial charge >= 0.3 is 6.03 Å². The molecule has 0 atom stereocenters. The minimum Gasteiger partial charge on any atom is -0.361 e. The van der Waals surface area contributed by atoms with Gasteiger partial charge in [-0.1, -0.05) is 30.3 Å². The SMILES string of the molecule is C=CC(F)(F)c1ccc(CNC(=O)Nc2ccc3[nH]ccc3c2)cc1Cl. The summed E-state index contributed by atoms with van der Waals surface area (Å²) in [4.78, 5) is 15.1. The van der Waals surface area contributed by atoms with Crippen LogP contribution in [0.4, 0.5) is 19.3 Å². The molecule has 1 heterocycles. The van der Waals surface area contributed by atoms with Crippen molar-refractivity contribution in [3.05, 3.63) is 77.5 Å². The van der Waals surface area contributed by atoms with Crippen LogP contribution in [0.5, 0.6) is 0 Å². The standard InChI is InChI=1S/C19H16ClF2N3O/c1-2-19(21,22)15-5-3-12(9-16(15)20)11-24-18(26)25-14-4-6-17-13(10-14)7-8-23-17/h2-10,23H,1,11H2,(H2,24,25,26). The second-order valence-electron chi connectivity index (χ2n) is 5.73. The summed E-state index contributed by atoms with van der Waals surface area (Å²) in [6, 6.07) is 11.1. The molecule has 0 aliphatic heterocycles. The number of amides is 2. The van der Waals surface area contributed by atoms with Crippen LogP contribution in [-0.4, -0.2) is 11.0 Å². The number of anilines is 1. The van der Waals surface area contributed by atoms with Crippen molar-refractivity contribution in [2.45, 2.75) is 12.5 Å². The highest BCUT2D eigenvalue weighted by atomic mass is 35.5. The van der Waals surface area contributed by atoms with Crippen LogP contribution in [0.3, 0.4) is 0 Å². The van der Waals surface area contributed by atoms with Gasteiger partial charge in [0, 0.05) is 34.9 Å². The number of allylic oxidation sites excluding steroid dienone is 1. The van der Waals surface area contributed by atoms with Crippen molar-refractivity contribution < 1.29 is 13.6 Å². The van der Waals surface area contributed by atoms with Crippen LogP contribution in [0.15, 0.2) is 61.3 Å². The molecule has 4 nitrogen and oxygen atoms in total. The molecule has 0 saturated heterocycles. The summed E-state index contributed by atoms with van der Waals surface area (Å²) in [6.07, 6.45) is 2.36. The minimum atomic E-state index is -3.20. The van der Waals surface area contributed by atoms with Crippen LogP contribution in [0, 0.1) is 0 Å². The highest BCUT2D eigenvalue weighted by molar-refractivity contribution is 6.31. The van der Waals surface area contributed by atoms with Crippen molar-refractivity contribution in [3.8, 4) is 0 Å². The van der Waals surface area contributed by atoms with Crippen LogP contribution in [0.2, 0.25) is 5.02 Å². The molecule has 26 heavy (non-hydrogen) atoms. The van der Waals surface area contributed by atoms with Crippen molar-refractivity contribution >= 4 is 34.2 Å². The number of carbonyl (C=O) groups is 1. The highest BCUT2D eigenvalue weighted by Gasteiger charge is 2.29. The van der Waals surface area contributed by atoms with Crippen molar-refractivity contribution in [2.24, 2.45) is 0 Å². The molecule has 0 fully saturated rings. The molecule has 0 spiro atoms. The Kier molecular flexibility index (Phi) is 4.95. The largest absolute Gasteiger partial charge is 0.361 e. The van der Waals surface area contributed by atoms with E-state index in [4.69, 9.17) is 11.6 Å². The van der Waals surface area contributed by atoms with Crippen LogP contribution in [0.1, 0.15) is 11.1 Å². The summed E-state index contributed by atoms with van der Waals surface area (Å²) in [5.41, 5.74) is 1.91. The van der Waals surface area contributed by atoms with Gasteiger partial charge in [-0.05, 0) is 42.0 Å². The fourth-order valence-corrected chi connectivity index (χ4v) is 2.87. The lowest BCUT2D eigenvalue weighted by Gasteiger charge is -2.14. The first kappa shape index (κ1) is 17.9. The highest BCUT2D eigenvalue weighted by Crippen LogP contribution is 2.34. The Bertz CT molecular complexity index is 968. The first-order valence-corrected chi connectivity index (χ1v) is 8.19. The fraction of sp³-hybridized carbons (Fsp3) is 0.105. The summed E-state index contributed by atoms with van der Waals surface area (Å²) in [7, 11) is 0. The molecular formula is C19H16ClF2N3O. The van der Waals surface area contributed by atoms with Gasteiger partial charge in [0.2, 0.25) is 0 Å². The number of benzene rings is 2. The number of aromatic nitrogens is 1. The van der Waals surface area contributed by atoms with E-state index in [2.05, 4.69) is 22.2 Å². The lowest BCUT2D eigenvalue weighted by atomic mass is 10.1. The van der Waals surface area contributed by atoms with E-state index in [0.29, 0.717) is 17.3 Å². The third kappa shape index (κ3) is 3.86. The number of urea groups is 1. The summed E-state index contributed by atoms with van der Waals surface area (Å²) in [5.74, 6) is -3.20. The van der Waals surface area contributed by atoms with E-state index >= 15 is 0 Å². The number of halogens is 3. The van der Waals surface area contributed by atoms with E-state index in [1.165, 1.54) is 18.2 Å². The summed E-state index contributed by atoms with van der Waals surface area (Å²) in [6.45, 7) is 3.26. The molecule has 134 valence electrons. The maximum atomic E-state index is 13.6. The molecule has 0 aliphatic carbocycles. The number of rotatable bonds is 5. The van der Waals surface area contributed by atoms with E-state index in [0.717, 1.165) is 10.9 Å². The molecule has 3 N–H and O–H groups in total. The predicted octanol–water partition coefficient (Wildman–Crippen LogP) is 5.42. The molecule has 3 rings (SSSR count). The molecule has 0 bridgehead atoms. The Morgan fingerprint density at radius 3 is 2.77 bits per heavy atom. The van der Waals surface area contributed by atoms with Crippen LogP contribution >= 0.6 is 11.6 Å². The zero-order chi connectivity index (χ0) is 18.7. The molecule has 0 unspecified atom stereocenters. The first-order chi connectivity index (χ1) is 12.4. The van der Waals surface area contributed by atoms with Gasteiger partial charge in [-0.25, -0.2) is 4.79 Å². The molecule has 2 amide bonds. The average Bonchev–Trinajstić information content (AvgIpc) is 3.07.